The molecule has 3 heteroatoms. The SMILES string of the molecule is Oc1c(/C=N/c2ccccc2)cccc1-c1ccccn1. The number of para-hydroxylation sites is 2. The Morgan fingerprint density at radius 1 is 0.857 bits per heavy atom. The number of rotatable bonds is 3. The minimum atomic E-state index is 0.191. The second kappa shape index (κ2) is 6.01. The first-order chi connectivity index (χ1) is 10.3. The fraction of sp³-hybridized carbons (Fsp3) is 0. The molecule has 0 aliphatic rings. The van der Waals surface area contributed by atoms with Gasteiger partial charge >= 0.3 is 0 Å². The van der Waals surface area contributed by atoms with Crippen LogP contribution in [-0.4, -0.2) is 16.3 Å². The molecule has 0 radical (unpaired) electrons. The lowest BCUT2D eigenvalue weighted by Crippen LogP contribution is -1.88. The molecule has 0 fully saturated rings. The summed E-state index contributed by atoms with van der Waals surface area (Å²) in [4.78, 5) is 8.63. The van der Waals surface area contributed by atoms with E-state index in [1.54, 1.807) is 12.4 Å². The molecule has 1 heterocycles. The summed E-state index contributed by atoms with van der Waals surface area (Å²) in [7, 11) is 0. The summed E-state index contributed by atoms with van der Waals surface area (Å²) < 4.78 is 0. The number of phenols is 1. The van der Waals surface area contributed by atoms with Gasteiger partial charge in [-0.05, 0) is 36.4 Å². The van der Waals surface area contributed by atoms with Crippen LogP contribution in [0.1, 0.15) is 5.56 Å². The fourth-order valence-corrected chi connectivity index (χ4v) is 2.05. The van der Waals surface area contributed by atoms with Crippen molar-refractivity contribution < 1.29 is 5.11 Å². The van der Waals surface area contributed by atoms with E-state index in [0.717, 1.165) is 11.4 Å². The van der Waals surface area contributed by atoms with Crippen LogP contribution >= 0.6 is 0 Å². The zero-order valence-electron chi connectivity index (χ0n) is 11.3. The maximum absolute atomic E-state index is 10.4. The third-order valence-corrected chi connectivity index (χ3v) is 3.12. The van der Waals surface area contributed by atoms with Crippen LogP contribution < -0.4 is 0 Å². The van der Waals surface area contributed by atoms with Crippen LogP contribution in [0.3, 0.4) is 0 Å². The van der Waals surface area contributed by atoms with E-state index in [1.165, 1.54) is 0 Å². The van der Waals surface area contributed by atoms with Crippen molar-refractivity contribution in [1.82, 2.24) is 4.98 Å². The summed E-state index contributed by atoms with van der Waals surface area (Å²) in [6.45, 7) is 0. The first kappa shape index (κ1) is 13.1. The van der Waals surface area contributed by atoms with Gasteiger partial charge in [-0.25, -0.2) is 0 Å². The number of pyridine rings is 1. The van der Waals surface area contributed by atoms with E-state index in [4.69, 9.17) is 0 Å². The van der Waals surface area contributed by atoms with Crippen molar-refractivity contribution in [1.29, 1.82) is 0 Å². The van der Waals surface area contributed by atoms with Crippen LogP contribution in [0.5, 0.6) is 5.75 Å². The maximum atomic E-state index is 10.4. The first-order valence-corrected chi connectivity index (χ1v) is 6.67. The van der Waals surface area contributed by atoms with Crippen molar-refractivity contribution in [3.8, 4) is 17.0 Å². The van der Waals surface area contributed by atoms with Gasteiger partial charge < -0.3 is 5.11 Å². The fourth-order valence-electron chi connectivity index (χ4n) is 2.05. The zero-order chi connectivity index (χ0) is 14.5. The van der Waals surface area contributed by atoms with Gasteiger partial charge in [-0.2, -0.15) is 0 Å². The van der Waals surface area contributed by atoms with Crippen LogP contribution in [0, 0.1) is 0 Å². The Hall–Kier alpha value is -2.94. The van der Waals surface area contributed by atoms with Gasteiger partial charge in [0.1, 0.15) is 5.75 Å². The molecule has 21 heavy (non-hydrogen) atoms. The maximum Gasteiger partial charge on any atom is 0.133 e. The highest BCUT2D eigenvalue weighted by Gasteiger charge is 2.08. The Bertz CT molecular complexity index is 753. The predicted octanol–water partition coefficient (Wildman–Crippen LogP) is 4.20. The van der Waals surface area contributed by atoms with E-state index < -0.39 is 0 Å². The van der Waals surface area contributed by atoms with Crippen molar-refractivity contribution in [2.24, 2.45) is 4.99 Å². The third-order valence-electron chi connectivity index (χ3n) is 3.12. The van der Waals surface area contributed by atoms with Crippen LogP contribution in [0.15, 0.2) is 77.9 Å². The van der Waals surface area contributed by atoms with E-state index in [1.807, 2.05) is 66.7 Å². The molecule has 0 saturated carbocycles. The average molecular weight is 274 g/mol. The van der Waals surface area contributed by atoms with Crippen molar-refractivity contribution in [2.75, 3.05) is 0 Å². The summed E-state index contributed by atoms with van der Waals surface area (Å²) in [5.74, 6) is 0.191. The van der Waals surface area contributed by atoms with E-state index in [2.05, 4.69) is 9.98 Å². The van der Waals surface area contributed by atoms with Gasteiger partial charge in [-0.1, -0.05) is 30.3 Å². The lowest BCUT2D eigenvalue weighted by Gasteiger charge is -2.06. The molecule has 0 saturated heterocycles. The monoisotopic (exact) mass is 274 g/mol. The summed E-state index contributed by atoms with van der Waals surface area (Å²) in [6, 6.07) is 20.8. The lowest BCUT2D eigenvalue weighted by molar-refractivity contribution is 0.476. The molecule has 2 aromatic carbocycles. The minimum Gasteiger partial charge on any atom is -0.507 e. The number of benzene rings is 2. The Morgan fingerprint density at radius 2 is 1.67 bits per heavy atom. The summed E-state index contributed by atoms with van der Waals surface area (Å²) in [6.07, 6.45) is 3.37. The molecular formula is C18H14N2O. The quantitative estimate of drug-likeness (QED) is 0.727. The van der Waals surface area contributed by atoms with Crippen molar-refractivity contribution in [2.45, 2.75) is 0 Å². The highest BCUT2D eigenvalue weighted by molar-refractivity contribution is 5.89. The number of aliphatic imine (C=N–C) groups is 1. The number of aromatic nitrogens is 1. The highest BCUT2D eigenvalue weighted by atomic mass is 16.3. The van der Waals surface area contributed by atoms with Crippen LogP contribution in [0.4, 0.5) is 5.69 Å². The molecule has 0 spiro atoms. The normalized spacial score (nSPS) is 10.9. The van der Waals surface area contributed by atoms with Crippen LogP contribution in [-0.2, 0) is 0 Å². The molecule has 0 bridgehead atoms. The second-order valence-corrected chi connectivity index (χ2v) is 4.55. The van der Waals surface area contributed by atoms with Crippen molar-refractivity contribution >= 4 is 11.9 Å². The van der Waals surface area contributed by atoms with Gasteiger partial charge in [-0.3, -0.25) is 9.98 Å². The standard InChI is InChI=1S/C18H14N2O/c21-18-14(13-20-15-8-2-1-3-9-15)7-6-10-16(18)17-11-4-5-12-19-17/h1-13,21H/b20-13+. The molecule has 0 atom stereocenters. The lowest BCUT2D eigenvalue weighted by atomic mass is 10.1. The molecule has 3 nitrogen and oxygen atoms in total. The molecular weight excluding hydrogens is 260 g/mol. The molecule has 1 N–H and O–H groups in total. The van der Waals surface area contributed by atoms with E-state index in [-0.39, 0.29) is 5.75 Å². The summed E-state index contributed by atoms with van der Waals surface area (Å²) in [5.41, 5.74) is 2.96. The topological polar surface area (TPSA) is 45.5 Å². The van der Waals surface area contributed by atoms with Gasteiger partial charge in [0.2, 0.25) is 0 Å². The molecule has 3 rings (SSSR count). The molecule has 0 amide bonds. The molecule has 1 aromatic heterocycles. The van der Waals surface area contributed by atoms with Gasteiger partial charge in [0, 0.05) is 23.5 Å². The van der Waals surface area contributed by atoms with E-state index in [9.17, 15) is 5.11 Å². The Morgan fingerprint density at radius 3 is 2.43 bits per heavy atom. The Labute approximate surface area is 123 Å². The molecule has 0 unspecified atom stereocenters. The van der Waals surface area contributed by atoms with Crippen LogP contribution in [0.25, 0.3) is 11.3 Å². The Balaban J connectivity index is 1.96. The molecule has 102 valence electrons. The largest absolute Gasteiger partial charge is 0.507 e. The zero-order valence-corrected chi connectivity index (χ0v) is 11.3. The number of aromatic hydroxyl groups is 1. The molecule has 0 aliphatic heterocycles. The summed E-state index contributed by atoms with van der Waals surface area (Å²) in [5, 5.41) is 10.4. The van der Waals surface area contributed by atoms with Crippen molar-refractivity contribution in [3.05, 3.63) is 78.5 Å². The predicted molar refractivity (Wildman–Crippen MR) is 85.0 cm³/mol. The molecule has 0 aliphatic carbocycles. The van der Waals surface area contributed by atoms with Crippen molar-refractivity contribution in [3.63, 3.8) is 0 Å². The van der Waals surface area contributed by atoms with E-state index in [0.29, 0.717) is 11.1 Å². The first-order valence-electron chi connectivity index (χ1n) is 6.67. The average Bonchev–Trinajstić information content (AvgIpc) is 2.56. The highest BCUT2D eigenvalue weighted by Crippen LogP contribution is 2.30. The van der Waals surface area contributed by atoms with Gasteiger partial charge in [0.25, 0.3) is 0 Å². The number of nitrogens with zero attached hydrogens (tertiary/aromatic N) is 2. The van der Waals surface area contributed by atoms with Crippen LogP contribution in [0.2, 0.25) is 0 Å². The second-order valence-electron chi connectivity index (χ2n) is 4.55. The summed E-state index contributed by atoms with van der Waals surface area (Å²) >= 11 is 0. The third kappa shape index (κ3) is 2.98. The van der Waals surface area contributed by atoms with Gasteiger partial charge in [0.05, 0.1) is 11.4 Å². The number of hydrogen-bond acceptors (Lipinski definition) is 3. The van der Waals surface area contributed by atoms with E-state index >= 15 is 0 Å². The number of hydrogen-bond donors (Lipinski definition) is 1. The molecule has 3 aromatic rings. The van der Waals surface area contributed by atoms with Gasteiger partial charge in [0.15, 0.2) is 0 Å². The van der Waals surface area contributed by atoms with Gasteiger partial charge in [-0.15, -0.1) is 0 Å². The smallest absolute Gasteiger partial charge is 0.133 e. The number of phenolic OH excluding ortho intramolecular Hbond substituents is 1. The Kier molecular flexibility index (Phi) is 3.74. The minimum absolute atomic E-state index is 0.191.